The van der Waals surface area contributed by atoms with Gasteiger partial charge in [-0.05, 0) is 17.6 Å². The Kier molecular flexibility index (Phi) is 3.27. The van der Waals surface area contributed by atoms with Gasteiger partial charge < -0.3 is 4.90 Å². The van der Waals surface area contributed by atoms with Gasteiger partial charge in [-0.1, -0.05) is 0 Å². The SMILES string of the molecule is CS(=O)(=O)OCCN1C=Cc2sncc2C1. The molecule has 1 aliphatic rings. The van der Waals surface area contributed by atoms with Crippen molar-refractivity contribution in [3.8, 4) is 0 Å². The molecule has 2 heterocycles. The van der Waals surface area contributed by atoms with Crippen molar-refractivity contribution >= 4 is 27.7 Å². The summed E-state index contributed by atoms with van der Waals surface area (Å²) >= 11 is 1.46. The van der Waals surface area contributed by atoms with Gasteiger partial charge in [0.05, 0.1) is 17.7 Å². The van der Waals surface area contributed by atoms with E-state index in [0.29, 0.717) is 6.54 Å². The van der Waals surface area contributed by atoms with Crippen LogP contribution in [-0.2, 0) is 20.8 Å². The maximum absolute atomic E-state index is 10.8. The monoisotopic (exact) mass is 260 g/mol. The molecule has 0 atom stereocenters. The van der Waals surface area contributed by atoms with E-state index in [0.717, 1.165) is 12.8 Å². The van der Waals surface area contributed by atoms with Crippen molar-refractivity contribution in [2.45, 2.75) is 6.54 Å². The summed E-state index contributed by atoms with van der Waals surface area (Å²) in [6.07, 6.45) is 6.82. The maximum atomic E-state index is 10.8. The van der Waals surface area contributed by atoms with Gasteiger partial charge in [0.25, 0.3) is 10.1 Å². The summed E-state index contributed by atoms with van der Waals surface area (Å²) in [4.78, 5) is 3.17. The Balaban J connectivity index is 1.86. The second-order valence-corrected chi connectivity index (χ2v) is 6.00. The lowest BCUT2D eigenvalue weighted by Gasteiger charge is -2.22. The van der Waals surface area contributed by atoms with Gasteiger partial charge in [0.2, 0.25) is 0 Å². The zero-order valence-electron chi connectivity index (χ0n) is 8.79. The molecule has 5 nitrogen and oxygen atoms in total. The Hall–Kier alpha value is -0.920. The van der Waals surface area contributed by atoms with Crippen molar-refractivity contribution in [2.75, 3.05) is 19.4 Å². The number of nitrogens with zero attached hydrogens (tertiary/aromatic N) is 2. The third-order valence-electron chi connectivity index (χ3n) is 2.16. The molecule has 2 rings (SSSR count). The van der Waals surface area contributed by atoms with E-state index < -0.39 is 10.1 Å². The molecule has 1 aromatic rings. The van der Waals surface area contributed by atoms with Crippen LogP contribution in [0.4, 0.5) is 0 Å². The first-order chi connectivity index (χ1) is 7.54. The van der Waals surface area contributed by atoms with E-state index in [1.54, 1.807) is 0 Å². The second-order valence-electron chi connectivity index (χ2n) is 3.53. The largest absolute Gasteiger partial charge is 0.371 e. The molecular formula is C9H12N2O3S2. The maximum Gasteiger partial charge on any atom is 0.264 e. The topological polar surface area (TPSA) is 59.5 Å². The van der Waals surface area contributed by atoms with Gasteiger partial charge in [0, 0.05) is 31.0 Å². The minimum absolute atomic E-state index is 0.177. The smallest absolute Gasteiger partial charge is 0.264 e. The van der Waals surface area contributed by atoms with E-state index >= 15 is 0 Å². The van der Waals surface area contributed by atoms with Gasteiger partial charge in [0.15, 0.2) is 0 Å². The third kappa shape index (κ3) is 3.03. The van der Waals surface area contributed by atoms with Gasteiger partial charge in [-0.25, -0.2) is 4.37 Å². The summed E-state index contributed by atoms with van der Waals surface area (Å²) in [6.45, 7) is 1.49. The molecule has 16 heavy (non-hydrogen) atoms. The van der Waals surface area contributed by atoms with Crippen molar-refractivity contribution in [3.05, 3.63) is 22.8 Å². The van der Waals surface area contributed by atoms with E-state index in [9.17, 15) is 8.42 Å². The fourth-order valence-corrected chi connectivity index (χ4v) is 2.46. The lowest BCUT2D eigenvalue weighted by Crippen LogP contribution is -2.24. The Morgan fingerprint density at radius 3 is 3.19 bits per heavy atom. The first-order valence-corrected chi connectivity index (χ1v) is 7.34. The Morgan fingerprint density at radius 1 is 1.62 bits per heavy atom. The first kappa shape index (κ1) is 11.6. The summed E-state index contributed by atoms with van der Waals surface area (Å²) in [5, 5.41) is 0. The fraction of sp³-hybridized carbons (Fsp3) is 0.444. The van der Waals surface area contributed by atoms with E-state index in [-0.39, 0.29) is 6.61 Å². The molecule has 7 heteroatoms. The predicted molar refractivity (Wildman–Crippen MR) is 62.4 cm³/mol. The minimum atomic E-state index is -3.34. The normalized spacial score (nSPS) is 15.2. The number of aromatic nitrogens is 1. The molecule has 0 radical (unpaired) electrons. The molecule has 0 saturated carbocycles. The molecule has 0 N–H and O–H groups in total. The highest BCUT2D eigenvalue weighted by atomic mass is 32.2. The van der Waals surface area contributed by atoms with Gasteiger partial charge in [-0.3, -0.25) is 4.18 Å². The fourth-order valence-electron chi connectivity index (χ4n) is 1.43. The molecule has 0 unspecified atom stereocenters. The molecule has 0 saturated heterocycles. The van der Waals surface area contributed by atoms with Crippen molar-refractivity contribution in [1.29, 1.82) is 0 Å². The minimum Gasteiger partial charge on any atom is -0.371 e. The third-order valence-corrected chi connectivity index (χ3v) is 3.56. The van der Waals surface area contributed by atoms with Crippen molar-refractivity contribution < 1.29 is 12.6 Å². The highest BCUT2D eigenvalue weighted by Crippen LogP contribution is 2.22. The second kappa shape index (κ2) is 4.52. The highest BCUT2D eigenvalue weighted by Gasteiger charge is 2.12. The standard InChI is InChI=1S/C9H12N2O3S2/c1-16(12,13)14-5-4-11-3-2-9-8(7-11)6-10-15-9/h2-3,6H,4-5,7H2,1H3. The number of hydrogen-bond donors (Lipinski definition) is 0. The summed E-state index contributed by atoms with van der Waals surface area (Å²) < 4.78 is 30.3. The van der Waals surface area contributed by atoms with Crippen LogP contribution in [-0.4, -0.2) is 37.1 Å². The lowest BCUT2D eigenvalue weighted by molar-refractivity contribution is 0.255. The summed E-state index contributed by atoms with van der Waals surface area (Å²) in [5.74, 6) is 0. The van der Waals surface area contributed by atoms with Crippen LogP contribution in [0.3, 0.4) is 0 Å². The average Bonchev–Trinajstić information content (AvgIpc) is 2.62. The molecule has 0 aliphatic carbocycles. The first-order valence-electron chi connectivity index (χ1n) is 4.75. The van der Waals surface area contributed by atoms with E-state index in [1.807, 2.05) is 23.4 Å². The van der Waals surface area contributed by atoms with E-state index in [4.69, 9.17) is 0 Å². The number of hydrogen-bond acceptors (Lipinski definition) is 6. The zero-order valence-corrected chi connectivity index (χ0v) is 10.4. The Morgan fingerprint density at radius 2 is 2.44 bits per heavy atom. The number of fused-ring (bicyclic) bond motifs is 1. The van der Waals surface area contributed by atoms with Crippen molar-refractivity contribution in [1.82, 2.24) is 9.27 Å². The van der Waals surface area contributed by atoms with E-state index in [1.165, 1.54) is 22.0 Å². The van der Waals surface area contributed by atoms with Crippen molar-refractivity contribution in [3.63, 3.8) is 0 Å². The molecule has 0 spiro atoms. The quantitative estimate of drug-likeness (QED) is 0.753. The van der Waals surface area contributed by atoms with Gasteiger partial charge in [-0.15, -0.1) is 0 Å². The molecule has 1 aromatic heterocycles. The molecule has 0 amide bonds. The van der Waals surface area contributed by atoms with Crippen LogP contribution in [0.25, 0.3) is 6.08 Å². The van der Waals surface area contributed by atoms with Gasteiger partial charge >= 0.3 is 0 Å². The molecule has 0 fully saturated rings. The van der Waals surface area contributed by atoms with Crippen LogP contribution in [0.5, 0.6) is 0 Å². The molecule has 1 aliphatic heterocycles. The van der Waals surface area contributed by atoms with Crippen LogP contribution in [0.1, 0.15) is 10.4 Å². The summed E-state index contributed by atoms with van der Waals surface area (Å²) in [6, 6.07) is 0. The van der Waals surface area contributed by atoms with E-state index in [2.05, 4.69) is 8.56 Å². The molecule has 0 aromatic carbocycles. The Bertz CT molecular complexity index is 493. The van der Waals surface area contributed by atoms with Gasteiger partial charge in [0.1, 0.15) is 0 Å². The zero-order chi connectivity index (χ0) is 11.6. The molecule has 88 valence electrons. The van der Waals surface area contributed by atoms with Crippen LogP contribution in [0.15, 0.2) is 12.4 Å². The Labute approximate surface area is 98.6 Å². The lowest BCUT2D eigenvalue weighted by atomic mass is 10.2. The average molecular weight is 260 g/mol. The van der Waals surface area contributed by atoms with Crippen LogP contribution in [0, 0.1) is 0 Å². The van der Waals surface area contributed by atoms with Crippen molar-refractivity contribution in [2.24, 2.45) is 0 Å². The van der Waals surface area contributed by atoms with Gasteiger partial charge in [-0.2, -0.15) is 8.42 Å². The summed E-state index contributed by atoms with van der Waals surface area (Å²) in [5.41, 5.74) is 1.17. The molecule has 0 bridgehead atoms. The number of rotatable bonds is 4. The highest BCUT2D eigenvalue weighted by molar-refractivity contribution is 7.85. The van der Waals surface area contributed by atoms with Crippen LogP contribution < -0.4 is 0 Å². The molecular weight excluding hydrogens is 248 g/mol. The van der Waals surface area contributed by atoms with Crippen LogP contribution in [0.2, 0.25) is 0 Å². The summed E-state index contributed by atoms with van der Waals surface area (Å²) in [7, 11) is -3.34. The predicted octanol–water partition coefficient (Wildman–Crippen LogP) is 0.906. The van der Waals surface area contributed by atoms with Crippen LogP contribution >= 0.6 is 11.5 Å².